The maximum atomic E-state index is 12.6. The standard InChI is InChI=1S/C16H16F3N5S/c17-16(18,19)12-2-4-13(5-3-12)22-15(25)24-10-8-23(9-11-24)14-20-6-1-7-21-14/h1-7H,8-11H2,(H,22,25). The van der Waals surface area contributed by atoms with Gasteiger partial charge >= 0.3 is 6.18 Å². The number of anilines is 2. The van der Waals surface area contributed by atoms with Crippen molar-refractivity contribution in [2.75, 3.05) is 36.4 Å². The van der Waals surface area contributed by atoms with E-state index in [1.54, 1.807) is 18.5 Å². The van der Waals surface area contributed by atoms with Gasteiger partial charge in [-0.05, 0) is 42.5 Å². The molecule has 0 unspecified atom stereocenters. The van der Waals surface area contributed by atoms with Crippen LogP contribution >= 0.6 is 12.2 Å². The van der Waals surface area contributed by atoms with E-state index >= 15 is 0 Å². The lowest BCUT2D eigenvalue weighted by atomic mass is 10.2. The zero-order chi connectivity index (χ0) is 17.9. The predicted octanol–water partition coefficient (Wildman–Crippen LogP) is 3.01. The zero-order valence-electron chi connectivity index (χ0n) is 13.2. The van der Waals surface area contributed by atoms with Gasteiger partial charge in [-0.1, -0.05) is 0 Å². The normalized spacial score (nSPS) is 15.2. The van der Waals surface area contributed by atoms with Crippen LogP contribution in [0.2, 0.25) is 0 Å². The average molecular weight is 367 g/mol. The van der Waals surface area contributed by atoms with Crippen molar-refractivity contribution in [3.05, 3.63) is 48.3 Å². The Morgan fingerprint density at radius 2 is 1.60 bits per heavy atom. The first kappa shape index (κ1) is 17.4. The van der Waals surface area contributed by atoms with E-state index < -0.39 is 11.7 Å². The summed E-state index contributed by atoms with van der Waals surface area (Å²) in [5.41, 5.74) is -0.146. The van der Waals surface area contributed by atoms with Gasteiger partial charge in [0.05, 0.1) is 5.56 Å². The molecule has 132 valence electrons. The second-order valence-corrected chi connectivity index (χ2v) is 5.91. The molecule has 5 nitrogen and oxygen atoms in total. The maximum Gasteiger partial charge on any atom is 0.416 e. The van der Waals surface area contributed by atoms with Gasteiger partial charge in [0.1, 0.15) is 0 Å². The predicted molar refractivity (Wildman–Crippen MR) is 93.5 cm³/mol. The van der Waals surface area contributed by atoms with Crippen LogP contribution in [0.5, 0.6) is 0 Å². The van der Waals surface area contributed by atoms with Gasteiger partial charge in [0.15, 0.2) is 5.11 Å². The fourth-order valence-electron chi connectivity index (χ4n) is 2.51. The van der Waals surface area contributed by atoms with Crippen molar-refractivity contribution in [1.82, 2.24) is 14.9 Å². The highest BCUT2D eigenvalue weighted by Gasteiger charge is 2.30. The van der Waals surface area contributed by atoms with E-state index in [4.69, 9.17) is 12.2 Å². The van der Waals surface area contributed by atoms with Crippen LogP contribution in [0.4, 0.5) is 24.8 Å². The minimum absolute atomic E-state index is 0.494. The van der Waals surface area contributed by atoms with Crippen molar-refractivity contribution in [2.24, 2.45) is 0 Å². The zero-order valence-corrected chi connectivity index (χ0v) is 14.0. The third kappa shape index (κ3) is 4.36. The van der Waals surface area contributed by atoms with E-state index in [0.717, 1.165) is 25.2 Å². The summed E-state index contributed by atoms with van der Waals surface area (Å²) in [6, 6.07) is 6.60. The van der Waals surface area contributed by atoms with E-state index in [1.165, 1.54) is 12.1 Å². The first-order chi connectivity index (χ1) is 11.9. The van der Waals surface area contributed by atoms with Gasteiger partial charge in [-0.15, -0.1) is 0 Å². The molecule has 0 amide bonds. The molecule has 3 rings (SSSR count). The number of benzene rings is 1. The molecule has 1 N–H and O–H groups in total. The first-order valence-electron chi connectivity index (χ1n) is 7.68. The number of alkyl halides is 3. The van der Waals surface area contributed by atoms with E-state index in [-0.39, 0.29) is 0 Å². The van der Waals surface area contributed by atoms with Gasteiger partial charge in [-0.2, -0.15) is 13.2 Å². The lowest BCUT2D eigenvalue weighted by Gasteiger charge is -2.36. The molecule has 25 heavy (non-hydrogen) atoms. The summed E-state index contributed by atoms with van der Waals surface area (Å²) >= 11 is 5.36. The molecule has 0 spiro atoms. The molecule has 0 aliphatic carbocycles. The van der Waals surface area contributed by atoms with Gasteiger partial charge in [0.25, 0.3) is 0 Å². The quantitative estimate of drug-likeness (QED) is 0.824. The van der Waals surface area contributed by atoms with Crippen LogP contribution in [0.15, 0.2) is 42.7 Å². The largest absolute Gasteiger partial charge is 0.416 e. The molecule has 0 saturated carbocycles. The molecule has 2 aromatic rings. The lowest BCUT2D eigenvalue weighted by Crippen LogP contribution is -2.50. The molecule has 1 aliphatic heterocycles. The second-order valence-electron chi connectivity index (χ2n) is 5.53. The molecular formula is C16H16F3N5S. The van der Waals surface area contributed by atoms with Gasteiger partial charge < -0.3 is 15.1 Å². The molecule has 0 bridgehead atoms. The van der Waals surface area contributed by atoms with Crippen LogP contribution in [-0.2, 0) is 6.18 Å². The summed E-state index contributed by atoms with van der Waals surface area (Å²) in [5.74, 6) is 0.684. The minimum Gasteiger partial charge on any atom is -0.345 e. The highest BCUT2D eigenvalue weighted by molar-refractivity contribution is 7.80. The van der Waals surface area contributed by atoms with Crippen LogP contribution in [-0.4, -0.2) is 46.2 Å². The summed E-state index contributed by atoms with van der Waals surface area (Å²) in [6.45, 7) is 2.81. The van der Waals surface area contributed by atoms with Crippen LogP contribution in [0.3, 0.4) is 0 Å². The Morgan fingerprint density at radius 3 is 2.16 bits per heavy atom. The maximum absolute atomic E-state index is 12.6. The molecule has 1 aliphatic rings. The van der Waals surface area contributed by atoms with Crippen molar-refractivity contribution in [2.45, 2.75) is 6.18 Å². The number of piperazine rings is 1. The molecular weight excluding hydrogens is 351 g/mol. The van der Waals surface area contributed by atoms with Crippen molar-refractivity contribution < 1.29 is 13.2 Å². The van der Waals surface area contributed by atoms with Crippen LogP contribution in [0, 0.1) is 0 Å². The Morgan fingerprint density at radius 1 is 1.00 bits per heavy atom. The van der Waals surface area contributed by atoms with Crippen LogP contribution in [0.25, 0.3) is 0 Å². The number of aromatic nitrogens is 2. The molecule has 2 heterocycles. The number of nitrogens with zero attached hydrogens (tertiary/aromatic N) is 4. The van der Waals surface area contributed by atoms with Crippen molar-refractivity contribution >= 4 is 29.0 Å². The van der Waals surface area contributed by atoms with E-state index in [2.05, 4.69) is 20.2 Å². The van der Waals surface area contributed by atoms with Gasteiger partial charge in [0.2, 0.25) is 5.95 Å². The second kappa shape index (κ2) is 7.22. The van der Waals surface area contributed by atoms with E-state index in [9.17, 15) is 13.2 Å². The van der Waals surface area contributed by atoms with Crippen LogP contribution in [0.1, 0.15) is 5.56 Å². The van der Waals surface area contributed by atoms with Gasteiger partial charge in [-0.25, -0.2) is 9.97 Å². The number of hydrogen-bond acceptors (Lipinski definition) is 4. The number of nitrogens with one attached hydrogen (secondary N) is 1. The fraction of sp³-hybridized carbons (Fsp3) is 0.312. The smallest absolute Gasteiger partial charge is 0.345 e. The Labute approximate surface area is 148 Å². The number of hydrogen-bond donors (Lipinski definition) is 1. The summed E-state index contributed by atoms with van der Waals surface area (Å²) in [7, 11) is 0. The highest BCUT2D eigenvalue weighted by atomic mass is 32.1. The van der Waals surface area contributed by atoms with Crippen molar-refractivity contribution in [3.8, 4) is 0 Å². The third-order valence-corrected chi connectivity index (χ3v) is 4.23. The molecule has 0 radical (unpaired) electrons. The number of rotatable bonds is 2. The molecule has 1 aromatic heterocycles. The first-order valence-corrected chi connectivity index (χ1v) is 8.09. The lowest BCUT2D eigenvalue weighted by molar-refractivity contribution is -0.137. The van der Waals surface area contributed by atoms with E-state index in [0.29, 0.717) is 29.8 Å². The summed E-state index contributed by atoms with van der Waals surface area (Å²) in [6.07, 6.45) is -0.939. The molecule has 1 fully saturated rings. The van der Waals surface area contributed by atoms with Crippen molar-refractivity contribution in [1.29, 1.82) is 0 Å². The molecule has 1 saturated heterocycles. The van der Waals surface area contributed by atoms with Gasteiger partial charge in [0, 0.05) is 44.3 Å². The number of thiocarbonyl (C=S) groups is 1. The Bertz CT molecular complexity index is 713. The Balaban J connectivity index is 1.54. The summed E-state index contributed by atoms with van der Waals surface area (Å²) < 4.78 is 37.7. The van der Waals surface area contributed by atoms with Gasteiger partial charge in [-0.3, -0.25) is 0 Å². The monoisotopic (exact) mass is 367 g/mol. The Hall–Kier alpha value is -2.42. The topological polar surface area (TPSA) is 44.3 Å². The molecule has 1 aromatic carbocycles. The SMILES string of the molecule is FC(F)(F)c1ccc(NC(=S)N2CCN(c3ncccn3)CC2)cc1. The van der Waals surface area contributed by atoms with Crippen molar-refractivity contribution in [3.63, 3.8) is 0 Å². The van der Waals surface area contributed by atoms with E-state index in [1.807, 2.05) is 4.90 Å². The highest BCUT2D eigenvalue weighted by Crippen LogP contribution is 2.29. The summed E-state index contributed by atoms with van der Waals surface area (Å²) in [4.78, 5) is 12.5. The average Bonchev–Trinajstić information content (AvgIpc) is 2.62. The minimum atomic E-state index is -4.34. The van der Waals surface area contributed by atoms with Crippen LogP contribution < -0.4 is 10.2 Å². The Kier molecular flexibility index (Phi) is 5.03. The fourth-order valence-corrected chi connectivity index (χ4v) is 2.81. The number of halogens is 3. The molecule has 9 heteroatoms. The molecule has 0 atom stereocenters. The summed E-state index contributed by atoms with van der Waals surface area (Å²) in [5, 5.41) is 3.48. The third-order valence-electron chi connectivity index (χ3n) is 3.87.